The third-order valence-electron chi connectivity index (χ3n) is 2.82. The van der Waals surface area contributed by atoms with E-state index >= 15 is 0 Å². The predicted octanol–water partition coefficient (Wildman–Crippen LogP) is 0.507. The molecule has 1 heterocycles. The molecule has 104 valence electrons. The Hall–Kier alpha value is -0.920. The number of nitrogens with one attached hydrogen (secondary N) is 1. The van der Waals surface area contributed by atoms with Crippen molar-refractivity contribution in [3.63, 3.8) is 0 Å². The molecule has 0 fully saturated rings. The van der Waals surface area contributed by atoms with Crippen LogP contribution < -0.4 is 4.72 Å². The highest BCUT2D eigenvalue weighted by Crippen LogP contribution is 2.09. The summed E-state index contributed by atoms with van der Waals surface area (Å²) >= 11 is 0. The molecule has 1 aromatic heterocycles. The van der Waals surface area contributed by atoms with Crippen molar-refractivity contribution in [1.82, 2.24) is 14.3 Å². The normalized spacial score (nSPS) is 14.1. The molecule has 0 aromatic carbocycles. The van der Waals surface area contributed by atoms with Gasteiger partial charge in [-0.2, -0.15) is 0 Å². The molecule has 1 atom stereocenters. The number of aromatic nitrogens is 2. The van der Waals surface area contributed by atoms with Crippen LogP contribution in [-0.2, 0) is 16.6 Å². The number of hydrogen-bond acceptors (Lipinski definition) is 4. The highest BCUT2D eigenvalue weighted by Gasteiger charge is 2.20. The van der Waals surface area contributed by atoms with Crippen molar-refractivity contribution in [3.8, 4) is 0 Å². The van der Waals surface area contributed by atoms with Crippen LogP contribution in [0.3, 0.4) is 0 Å². The summed E-state index contributed by atoms with van der Waals surface area (Å²) in [6.45, 7) is 8.00. The van der Waals surface area contributed by atoms with Crippen molar-refractivity contribution in [2.24, 2.45) is 5.92 Å². The maximum absolute atomic E-state index is 11.9. The minimum atomic E-state index is -3.64. The summed E-state index contributed by atoms with van der Waals surface area (Å²) in [4.78, 5) is 4.01. The van der Waals surface area contributed by atoms with Crippen LogP contribution in [0.15, 0.2) is 11.2 Å². The first-order valence-corrected chi connectivity index (χ1v) is 7.47. The first-order valence-electron chi connectivity index (χ1n) is 5.99. The Morgan fingerprint density at radius 1 is 1.50 bits per heavy atom. The molecule has 1 rings (SSSR count). The molecule has 0 saturated heterocycles. The zero-order valence-corrected chi connectivity index (χ0v) is 12.0. The summed E-state index contributed by atoms with van der Waals surface area (Å²) in [5.74, 6) is 0.657. The van der Waals surface area contributed by atoms with Gasteiger partial charge in [-0.05, 0) is 19.8 Å². The van der Waals surface area contributed by atoms with Gasteiger partial charge in [0, 0.05) is 19.3 Å². The zero-order chi connectivity index (χ0) is 13.9. The molecular weight excluding hydrogens is 254 g/mol. The van der Waals surface area contributed by atoms with Crippen LogP contribution in [0, 0.1) is 12.8 Å². The maximum Gasteiger partial charge on any atom is 0.259 e. The summed E-state index contributed by atoms with van der Waals surface area (Å²) in [5.41, 5.74) is 0. The lowest BCUT2D eigenvalue weighted by molar-refractivity contribution is 0.129. The molecule has 0 saturated carbocycles. The van der Waals surface area contributed by atoms with E-state index in [0.717, 1.165) is 0 Å². The molecule has 0 amide bonds. The Kier molecular flexibility index (Phi) is 4.89. The van der Waals surface area contributed by atoms with Gasteiger partial charge < -0.3 is 9.67 Å². The first-order chi connectivity index (χ1) is 8.27. The molecule has 1 aromatic rings. The van der Waals surface area contributed by atoms with Crippen LogP contribution in [-0.4, -0.2) is 35.7 Å². The zero-order valence-electron chi connectivity index (χ0n) is 11.2. The Labute approximate surface area is 108 Å². The topological polar surface area (TPSA) is 84.2 Å². The largest absolute Gasteiger partial charge is 0.391 e. The van der Waals surface area contributed by atoms with E-state index in [9.17, 15) is 13.5 Å². The number of sulfonamides is 1. The van der Waals surface area contributed by atoms with E-state index in [0.29, 0.717) is 12.4 Å². The number of nitrogens with zero attached hydrogens (tertiary/aromatic N) is 2. The molecule has 0 spiro atoms. The Morgan fingerprint density at radius 2 is 2.11 bits per heavy atom. The number of aryl methyl sites for hydroxylation is 2. The quantitative estimate of drug-likeness (QED) is 0.792. The monoisotopic (exact) mass is 275 g/mol. The lowest BCUT2D eigenvalue weighted by atomic mass is 10.1. The summed E-state index contributed by atoms with van der Waals surface area (Å²) < 4.78 is 28.0. The van der Waals surface area contributed by atoms with Gasteiger partial charge in [0.05, 0.1) is 6.10 Å². The van der Waals surface area contributed by atoms with E-state index in [1.165, 1.54) is 6.20 Å². The third-order valence-corrected chi connectivity index (χ3v) is 4.12. The summed E-state index contributed by atoms with van der Waals surface area (Å²) in [6.07, 6.45) is 0.800. The molecule has 0 aliphatic heterocycles. The average Bonchev–Trinajstić information content (AvgIpc) is 2.68. The maximum atomic E-state index is 11.9. The Bertz CT molecular complexity index is 494. The van der Waals surface area contributed by atoms with E-state index < -0.39 is 16.1 Å². The van der Waals surface area contributed by atoms with E-state index in [1.807, 2.05) is 20.8 Å². The molecule has 18 heavy (non-hydrogen) atoms. The second kappa shape index (κ2) is 5.81. The Morgan fingerprint density at radius 3 is 2.56 bits per heavy atom. The van der Waals surface area contributed by atoms with E-state index in [-0.39, 0.29) is 17.5 Å². The van der Waals surface area contributed by atoms with Gasteiger partial charge in [-0.1, -0.05) is 13.8 Å². The number of aliphatic hydroxyl groups excluding tert-OH is 1. The summed E-state index contributed by atoms with van der Waals surface area (Å²) in [6, 6.07) is 0. The van der Waals surface area contributed by atoms with Crippen LogP contribution in [0.4, 0.5) is 0 Å². The van der Waals surface area contributed by atoms with Gasteiger partial charge in [0.25, 0.3) is 10.0 Å². The number of rotatable bonds is 6. The second-order valence-electron chi connectivity index (χ2n) is 4.58. The highest BCUT2D eigenvalue weighted by molar-refractivity contribution is 7.89. The SMILES string of the molecule is CCn1cc(S(=O)(=O)NCC(O)C(C)C)nc1C. The van der Waals surface area contributed by atoms with E-state index in [1.54, 1.807) is 11.5 Å². The summed E-state index contributed by atoms with van der Waals surface area (Å²) in [5, 5.41) is 9.59. The molecule has 0 aliphatic carbocycles. The van der Waals surface area contributed by atoms with Crippen LogP contribution in [0.2, 0.25) is 0 Å². The fourth-order valence-electron chi connectivity index (χ4n) is 1.43. The molecule has 2 N–H and O–H groups in total. The minimum Gasteiger partial charge on any atom is -0.391 e. The van der Waals surface area contributed by atoms with Crippen LogP contribution in [0.25, 0.3) is 0 Å². The second-order valence-corrected chi connectivity index (χ2v) is 6.29. The van der Waals surface area contributed by atoms with Crippen LogP contribution >= 0.6 is 0 Å². The standard InChI is InChI=1S/C11H21N3O3S/c1-5-14-7-11(13-9(14)4)18(16,17)12-6-10(15)8(2)3/h7-8,10,12,15H,5-6H2,1-4H3. The van der Waals surface area contributed by atoms with Gasteiger partial charge in [0.2, 0.25) is 0 Å². The first kappa shape index (κ1) is 15.1. The lowest BCUT2D eigenvalue weighted by Gasteiger charge is -2.14. The molecular formula is C11H21N3O3S. The molecule has 0 radical (unpaired) electrons. The highest BCUT2D eigenvalue weighted by atomic mass is 32.2. The van der Waals surface area contributed by atoms with Crippen molar-refractivity contribution in [3.05, 3.63) is 12.0 Å². The van der Waals surface area contributed by atoms with E-state index in [2.05, 4.69) is 9.71 Å². The summed E-state index contributed by atoms with van der Waals surface area (Å²) in [7, 11) is -3.64. The van der Waals surface area contributed by atoms with Crippen LogP contribution in [0.5, 0.6) is 0 Å². The number of imidazole rings is 1. The van der Waals surface area contributed by atoms with E-state index in [4.69, 9.17) is 0 Å². The molecule has 0 aliphatic rings. The third kappa shape index (κ3) is 3.54. The van der Waals surface area contributed by atoms with Crippen molar-refractivity contribution in [1.29, 1.82) is 0 Å². The van der Waals surface area contributed by atoms with Gasteiger partial charge in [-0.15, -0.1) is 0 Å². The fourth-order valence-corrected chi connectivity index (χ4v) is 2.49. The number of hydrogen-bond donors (Lipinski definition) is 2. The smallest absolute Gasteiger partial charge is 0.259 e. The average molecular weight is 275 g/mol. The molecule has 1 unspecified atom stereocenters. The molecule has 0 bridgehead atoms. The molecule has 7 heteroatoms. The van der Waals surface area contributed by atoms with Gasteiger partial charge in [-0.3, -0.25) is 0 Å². The van der Waals surface area contributed by atoms with Gasteiger partial charge >= 0.3 is 0 Å². The van der Waals surface area contributed by atoms with Gasteiger partial charge in [-0.25, -0.2) is 18.1 Å². The lowest BCUT2D eigenvalue weighted by Crippen LogP contribution is -2.34. The van der Waals surface area contributed by atoms with Gasteiger partial charge in [0.1, 0.15) is 5.82 Å². The van der Waals surface area contributed by atoms with Crippen molar-refractivity contribution in [2.45, 2.75) is 45.4 Å². The minimum absolute atomic E-state index is 0.00195. The molecule has 6 nitrogen and oxygen atoms in total. The Balaban J connectivity index is 2.80. The van der Waals surface area contributed by atoms with Crippen molar-refractivity contribution >= 4 is 10.0 Å². The van der Waals surface area contributed by atoms with Crippen LogP contribution in [0.1, 0.15) is 26.6 Å². The van der Waals surface area contributed by atoms with Gasteiger partial charge in [0.15, 0.2) is 5.03 Å². The van der Waals surface area contributed by atoms with Crippen molar-refractivity contribution < 1.29 is 13.5 Å². The predicted molar refractivity (Wildman–Crippen MR) is 68.7 cm³/mol. The van der Waals surface area contributed by atoms with Crippen molar-refractivity contribution in [2.75, 3.05) is 6.54 Å². The fraction of sp³-hybridized carbons (Fsp3) is 0.727. The number of aliphatic hydroxyl groups is 1.